The van der Waals surface area contributed by atoms with Gasteiger partial charge in [0.05, 0.1) is 12.9 Å². The van der Waals surface area contributed by atoms with E-state index in [1.807, 2.05) is 17.1 Å². The minimum atomic E-state index is 0.229. The fourth-order valence-electron chi connectivity index (χ4n) is 3.28. The zero-order valence-electron chi connectivity index (χ0n) is 14.8. The van der Waals surface area contributed by atoms with Crippen LogP contribution in [0, 0.1) is 0 Å². The van der Waals surface area contributed by atoms with Gasteiger partial charge < -0.3 is 14.5 Å². The lowest BCUT2D eigenvalue weighted by Crippen LogP contribution is -2.21. The molecule has 1 N–H and O–H groups in total. The number of hydrogen-bond donors (Lipinski definition) is 1. The minimum Gasteiger partial charge on any atom is -0.317 e. The van der Waals surface area contributed by atoms with Gasteiger partial charge in [0.2, 0.25) is 0 Å². The molecule has 6 heteroatoms. The molecule has 0 spiro atoms. The summed E-state index contributed by atoms with van der Waals surface area (Å²) in [5.74, 6) is 2.74. The predicted octanol–water partition coefficient (Wildman–Crippen LogP) is 3.12. The van der Waals surface area contributed by atoms with Gasteiger partial charge in [0.1, 0.15) is 11.6 Å². The zero-order chi connectivity index (χ0) is 17.2. The van der Waals surface area contributed by atoms with Gasteiger partial charge in [0.25, 0.3) is 0 Å². The summed E-state index contributed by atoms with van der Waals surface area (Å²) in [6, 6.07) is 8.74. The molecule has 1 unspecified atom stereocenters. The van der Waals surface area contributed by atoms with Crippen molar-refractivity contribution in [1.29, 1.82) is 0 Å². The Balaban J connectivity index is 1.43. The van der Waals surface area contributed by atoms with Crippen molar-refractivity contribution < 1.29 is 0 Å². The summed E-state index contributed by atoms with van der Waals surface area (Å²) in [7, 11) is 2.08. The van der Waals surface area contributed by atoms with E-state index in [1.165, 1.54) is 24.8 Å². The van der Waals surface area contributed by atoms with Gasteiger partial charge >= 0.3 is 0 Å². The van der Waals surface area contributed by atoms with Crippen LogP contribution in [0.4, 0.5) is 0 Å². The van der Waals surface area contributed by atoms with Crippen molar-refractivity contribution in [3.8, 4) is 5.69 Å². The Morgan fingerprint density at radius 2 is 2.16 bits per heavy atom. The molecule has 1 atom stereocenters. The van der Waals surface area contributed by atoms with E-state index in [2.05, 4.69) is 63.3 Å². The minimum absolute atomic E-state index is 0.229. The third-order valence-corrected chi connectivity index (χ3v) is 5.21. The first-order chi connectivity index (χ1) is 12.2. The molecule has 2 aromatic heterocycles. The highest BCUT2D eigenvalue weighted by Crippen LogP contribution is 2.35. The standard InChI is InChI=1S/C19H24N6/c1-14(16-7-4-8-17(11-16)25-10-9-20-13-25)21-12-18-22-23-19(24(18)2)15-5-3-6-15/h4,7-11,13-15,21H,3,5-6,12H2,1-2H3. The Morgan fingerprint density at radius 1 is 1.28 bits per heavy atom. The molecular formula is C19H24N6. The van der Waals surface area contributed by atoms with Gasteiger partial charge in [-0.05, 0) is 37.5 Å². The van der Waals surface area contributed by atoms with Crippen molar-refractivity contribution >= 4 is 0 Å². The molecule has 0 bridgehead atoms. The summed E-state index contributed by atoms with van der Waals surface area (Å²) in [6.45, 7) is 2.89. The Kier molecular flexibility index (Phi) is 4.36. The number of hydrogen-bond acceptors (Lipinski definition) is 4. The average Bonchev–Trinajstić information content (AvgIpc) is 3.23. The number of rotatable bonds is 6. The van der Waals surface area contributed by atoms with Crippen molar-refractivity contribution in [2.75, 3.05) is 0 Å². The van der Waals surface area contributed by atoms with Crippen LogP contribution in [0.3, 0.4) is 0 Å². The van der Waals surface area contributed by atoms with E-state index in [0.717, 1.165) is 17.3 Å². The number of benzene rings is 1. The maximum atomic E-state index is 4.40. The molecule has 2 heterocycles. The largest absolute Gasteiger partial charge is 0.317 e. The second kappa shape index (κ2) is 6.80. The van der Waals surface area contributed by atoms with Crippen LogP contribution in [-0.4, -0.2) is 24.3 Å². The highest BCUT2D eigenvalue weighted by Gasteiger charge is 2.25. The quantitative estimate of drug-likeness (QED) is 0.751. The van der Waals surface area contributed by atoms with Crippen LogP contribution in [0.15, 0.2) is 43.0 Å². The molecule has 6 nitrogen and oxygen atoms in total. The summed E-state index contributed by atoms with van der Waals surface area (Å²) in [5, 5.41) is 12.3. The number of nitrogens with zero attached hydrogens (tertiary/aromatic N) is 5. The summed E-state index contributed by atoms with van der Waals surface area (Å²) in [6.07, 6.45) is 9.38. The predicted molar refractivity (Wildman–Crippen MR) is 96.4 cm³/mol. The van der Waals surface area contributed by atoms with E-state index in [4.69, 9.17) is 0 Å². The lowest BCUT2D eigenvalue weighted by molar-refractivity contribution is 0.390. The van der Waals surface area contributed by atoms with Crippen LogP contribution in [0.5, 0.6) is 0 Å². The van der Waals surface area contributed by atoms with Gasteiger partial charge in [0.15, 0.2) is 0 Å². The van der Waals surface area contributed by atoms with E-state index in [9.17, 15) is 0 Å². The molecule has 0 radical (unpaired) electrons. The van der Waals surface area contributed by atoms with E-state index in [1.54, 1.807) is 6.20 Å². The highest BCUT2D eigenvalue weighted by molar-refractivity contribution is 5.37. The Labute approximate surface area is 147 Å². The first-order valence-corrected chi connectivity index (χ1v) is 8.92. The van der Waals surface area contributed by atoms with Crippen LogP contribution in [0.2, 0.25) is 0 Å². The van der Waals surface area contributed by atoms with Gasteiger partial charge in [-0.2, -0.15) is 0 Å². The van der Waals surface area contributed by atoms with Gasteiger partial charge in [-0.25, -0.2) is 4.98 Å². The average molecular weight is 336 g/mol. The van der Waals surface area contributed by atoms with Crippen molar-refractivity contribution in [2.24, 2.45) is 7.05 Å². The maximum Gasteiger partial charge on any atom is 0.146 e. The summed E-state index contributed by atoms with van der Waals surface area (Å²) >= 11 is 0. The van der Waals surface area contributed by atoms with Gasteiger partial charge in [-0.3, -0.25) is 0 Å². The van der Waals surface area contributed by atoms with Crippen molar-refractivity contribution in [3.63, 3.8) is 0 Å². The normalized spacial score (nSPS) is 15.9. The van der Waals surface area contributed by atoms with E-state index >= 15 is 0 Å². The molecule has 130 valence electrons. The molecule has 1 saturated carbocycles. The van der Waals surface area contributed by atoms with Gasteiger partial charge in [0, 0.05) is 37.1 Å². The molecular weight excluding hydrogens is 312 g/mol. The molecule has 0 aliphatic heterocycles. The first kappa shape index (κ1) is 16.0. The second-order valence-corrected chi connectivity index (χ2v) is 6.83. The molecule has 4 rings (SSSR count). The molecule has 0 saturated heterocycles. The second-order valence-electron chi connectivity index (χ2n) is 6.83. The number of nitrogens with one attached hydrogen (secondary N) is 1. The van der Waals surface area contributed by atoms with Gasteiger partial charge in [-0.15, -0.1) is 10.2 Å². The molecule has 25 heavy (non-hydrogen) atoms. The fraction of sp³-hybridized carbons (Fsp3) is 0.421. The van der Waals surface area contributed by atoms with Crippen molar-refractivity contribution in [1.82, 2.24) is 29.6 Å². The molecule has 1 aliphatic rings. The maximum absolute atomic E-state index is 4.40. The topological polar surface area (TPSA) is 60.6 Å². The summed E-state index contributed by atoms with van der Waals surface area (Å²) in [5.41, 5.74) is 2.36. The first-order valence-electron chi connectivity index (χ1n) is 8.92. The molecule has 1 fully saturated rings. The molecule has 3 aromatic rings. The SMILES string of the molecule is CC(NCc1nnc(C2CCC2)n1C)c1cccc(-n2ccnc2)c1. The van der Waals surface area contributed by atoms with E-state index < -0.39 is 0 Å². The third kappa shape index (κ3) is 3.22. The Hall–Kier alpha value is -2.47. The van der Waals surface area contributed by atoms with Gasteiger partial charge in [-0.1, -0.05) is 18.6 Å². The summed E-state index contributed by atoms with van der Waals surface area (Å²) in [4.78, 5) is 4.12. The van der Waals surface area contributed by atoms with Crippen molar-refractivity contribution in [2.45, 2.75) is 44.7 Å². The fourth-order valence-corrected chi connectivity index (χ4v) is 3.28. The Bertz CT molecular complexity index is 831. The smallest absolute Gasteiger partial charge is 0.146 e. The monoisotopic (exact) mass is 336 g/mol. The van der Waals surface area contributed by atoms with Crippen LogP contribution >= 0.6 is 0 Å². The van der Waals surface area contributed by atoms with Crippen LogP contribution in [0.25, 0.3) is 5.69 Å². The number of imidazole rings is 1. The molecule has 1 aliphatic carbocycles. The van der Waals surface area contributed by atoms with Crippen LogP contribution < -0.4 is 5.32 Å². The van der Waals surface area contributed by atoms with Crippen LogP contribution in [0.1, 0.15) is 55.4 Å². The number of aromatic nitrogens is 5. The molecule has 0 amide bonds. The lowest BCUT2D eigenvalue weighted by Gasteiger charge is -2.24. The lowest BCUT2D eigenvalue weighted by atomic mass is 9.85. The van der Waals surface area contributed by atoms with Crippen molar-refractivity contribution in [3.05, 3.63) is 60.2 Å². The zero-order valence-corrected chi connectivity index (χ0v) is 14.8. The van der Waals surface area contributed by atoms with E-state index in [0.29, 0.717) is 12.5 Å². The highest BCUT2D eigenvalue weighted by atomic mass is 15.3. The molecule has 1 aromatic carbocycles. The van der Waals surface area contributed by atoms with E-state index in [-0.39, 0.29) is 6.04 Å². The van der Waals surface area contributed by atoms with Crippen LogP contribution in [-0.2, 0) is 13.6 Å². The third-order valence-electron chi connectivity index (χ3n) is 5.21. The Morgan fingerprint density at radius 3 is 2.88 bits per heavy atom. The summed E-state index contributed by atoms with van der Waals surface area (Å²) < 4.78 is 4.18.